The highest BCUT2D eigenvalue weighted by atomic mass is 14.2. The van der Waals surface area contributed by atoms with Crippen LogP contribution in [0.25, 0.3) is 77.5 Å². The van der Waals surface area contributed by atoms with Crippen LogP contribution in [-0.2, 0) is 0 Å². The predicted octanol–water partition coefficient (Wildman–Crippen LogP) is 10.9. The molecular weight excluding hydrogens is 456 g/mol. The van der Waals surface area contributed by atoms with E-state index in [2.05, 4.69) is 134 Å². The largest absolute Gasteiger partial charge is 0.0984 e. The Morgan fingerprint density at radius 1 is 0.368 bits per heavy atom. The standard InChI is InChI=1S/C38H26/c1-3-28-29(4-2)37(33-21-13-12-20-32(33)36(28)26-15-6-5-7-16-26)38-31-19-11-9-17-27(31)24-35-30-18-10-8-14-25(30)22-23-34(35)38/h3-24H,1-2H2. The summed E-state index contributed by atoms with van der Waals surface area (Å²) in [5, 5.41) is 9.95. The van der Waals surface area contributed by atoms with Crippen LogP contribution in [0.3, 0.4) is 0 Å². The lowest BCUT2D eigenvalue weighted by Gasteiger charge is -2.22. The van der Waals surface area contributed by atoms with E-state index in [-0.39, 0.29) is 0 Å². The first kappa shape index (κ1) is 22.3. The SMILES string of the molecule is C=Cc1c(C=C)c(-c2c3ccccc3cc3c2ccc2ccccc23)c2ccccc2c1-c1ccccc1. The fourth-order valence-corrected chi connectivity index (χ4v) is 6.18. The number of rotatable bonds is 4. The fraction of sp³-hybridized carbons (Fsp3) is 0. The quantitative estimate of drug-likeness (QED) is 0.173. The van der Waals surface area contributed by atoms with Crippen LogP contribution >= 0.6 is 0 Å². The average molecular weight is 483 g/mol. The lowest BCUT2D eigenvalue weighted by atomic mass is 9.80. The molecule has 0 aliphatic carbocycles. The molecule has 0 unspecified atom stereocenters. The van der Waals surface area contributed by atoms with Crippen LogP contribution in [-0.4, -0.2) is 0 Å². The van der Waals surface area contributed by atoms with E-state index in [9.17, 15) is 0 Å². The van der Waals surface area contributed by atoms with Crippen molar-refractivity contribution in [2.75, 3.05) is 0 Å². The molecule has 0 saturated carbocycles. The third-order valence-electron chi connectivity index (χ3n) is 7.79. The molecule has 0 radical (unpaired) electrons. The van der Waals surface area contributed by atoms with Crippen molar-refractivity contribution in [3.63, 3.8) is 0 Å². The van der Waals surface area contributed by atoms with Gasteiger partial charge >= 0.3 is 0 Å². The Bertz CT molecular complexity index is 2040. The van der Waals surface area contributed by atoms with Gasteiger partial charge in [-0.05, 0) is 82.5 Å². The molecule has 7 rings (SSSR count). The van der Waals surface area contributed by atoms with Gasteiger partial charge in [0.15, 0.2) is 0 Å². The van der Waals surface area contributed by atoms with Crippen molar-refractivity contribution in [2.24, 2.45) is 0 Å². The molecule has 0 amide bonds. The highest BCUT2D eigenvalue weighted by Gasteiger charge is 2.22. The number of hydrogen-bond donors (Lipinski definition) is 0. The topological polar surface area (TPSA) is 0 Å². The fourth-order valence-electron chi connectivity index (χ4n) is 6.18. The Kier molecular flexibility index (Phi) is 5.20. The van der Waals surface area contributed by atoms with E-state index in [0.717, 1.165) is 11.1 Å². The van der Waals surface area contributed by atoms with Crippen molar-refractivity contribution in [1.29, 1.82) is 0 Å². The highest BCUT2D eigenvalue weighted by Crippen LogP contribution is 2.47. The zero-order valence-electron chi connectivity index (χ0n) is 21.1. The Morgan fingerprint density at radius 2 is 0.895 bits per heavy atom. The molecule has 178 valence electrons. The Hall–Kier alpha value is -4.94. The normalized spacial score (nSPS) is 11.4. The molecule has 0 bridgehead atoms. The molecule has 0 spiro atoms. The second-order valence-corrected chi connectivity index (χ2v) is 9.75. The van der Waals surface area contributed by atoms with E-state index >= 15 is 0 Å². The van der Waals surface area contributed by atoms with E-state index < -0.39 is 0 Å². The molecule has 0 N–H and O–H groups in total. The second-order valence-electron chi connectivity index (χ2n) is 9.75. The van der Waals surface area contributed by atoms with Gasteiger partial charge in [0.1, 0.15) is 0 Å². The van der Waals surface area contributed by atoms with Crippen LogP contribution in [0.1, 0.15) is 11.1 Å². The maximum Gasteiger partial charge on any atom is -0.00141 e. The molecule has 0 aliphatic rings. The first-order chi connectivity index (χ1) is 18.8. The summed E-state index contributed by atoms with van der Waals surface area (Å²) in [4.78, 5) is 0. The first-order valence-electron chi connectivity index (χ1n) is 13.0. The molecule has 0 aromatic heterocycles. The number of fused-ring (bicyclic) bond motifs is 5. The minimum absolute atomic E-state index is 1.11. The Balaban J connectivity index is 1.75. The molecule has 38 heavy (non-hydrogen) atoms. The summed E-state index contributed by atoms with van der Waals surface area (Å²) in [7, 11) is 0. The summed E-state index contributed by atoms with van der Waals surface area (Å²) in [5.41, 5.74) is 7.07. The van der Waals surface area contributed by atoms with Gasteiger partial charge in [-0.1, -0.05) is 141 Å². The minimum Gasteiger partial charge on any atom is -0.0984 e. The summed E-state index contributed by atoms with van der Waals surface area (Å²) in [6.45, 7) is 8.61. The molecule has 7 aromatic rings. The monoisotopic (exact) mass is 482 g/mol. The molecular formula is C38H26. The van der Waals surface area contributed by atoms with Gasteiger partial charge < -0.3 is 0 Å². The summed E-state index contributed by atoms with van der Waals surface area (Å²) in [6.07, 6.45) is 4.01. The van der Waals surface area contributed by atoms with Gasteiger partial charge in [-0.3, -0.25) is 0 Å². The summed E-state index contributed by atoms with van der Waals surface area (Å²) >= 11 is 0. The molecule has 0 atom stereocenters. The lowest BCUT2D eigenvalue weighted by Crippen LogP contribution is -1.97. The summed E-state index contributed by atoms with van der Waals surface area (Å²) in [6, 6.07) is 43.7. The van der Waals surface area contributed by atoms with Gasteiger partial charge in [-0.15, -0.1) is 0 Å². The molecule has 0 fully saturated rings. The smallest absolute Gasteiger partial charge is 0.00141 e. The first-order valence-corrected chi connectivity index (χ1v) is 13.0. The number of benzene rings is 7. The van der Waals surface area contributed by atoms with E-state index in [0.29, 0.717) is 0 Å². The average Bonchev–Trinajstić information content (AvgIpc) is 2.99. The predicted molar refractivity (Wildman–Crippen MR) is 168 cm³/mol. The summed E-state index contributed by atoms with van der Waals surface area (Å²) < 4.78 is 0. The van der Waals surface area contributed by atoms with Crippen LogP contribution in [0.15, 0.2) is 134 Å². The van der Waals surface area contributed by atoms with Gasteiger partial charge in [0.05, 0.1) is 0 Å². The molecule has 0 aliphatic heterocycles. The molecule has 0 nitrogen and oxygen atoms in total. The van der Waals surface area contributed by atoms with E-state index in [1.54, 1.807) is 0 Å². The van der Waals surface area contributed by atoms with Gasteiger partial charge in [0, 0.05) is 0 Å². The zero-order valence-corrected chi connectivity index (χ0v) is 21.1. The molecule has 7 aromatic carbocycles. The van der Waals surface area contributed by atoms with Crippen LogP contribution in [0.2, 0.25) is 0 Å². The van der Waals surface area contributed by atoms with Crippen LogP contribution in [0, 0.1) is 0 Å². The minimum atomic E-state index is 1.11. The maximum atomic E-state index is 4.33. The van der Waals surface area contributed by atoms with Crippen molar-refractivity contribution >= 4 is 55.2 Å². The summed E-state index contributed by atoms with van der Waals surface area (Å²) in [5.74, 6) is 0. The molecule has 0 saturated heterocycles. The molecule has 0 heterocycles. The van der Waals surface area contributed by atoms with Crippen molar-refractivity contribution in [2.45, 2.75) is 0 Å². The lowest BCUT2D eigenvalue weighted by molar-refractivity contribution is 1.60. The Labute approximate surface area is 222 Å². The third kappa shape index (κ3) is 3.24. The van der Waals surface area contributed by atoms with Gasteiger partial charge in [-0.25, -0.2) is 0 Å². The highest BCUT2D eigenvalue weighted by molar-refractivity contribution is 6.24. The van der Waals surface area contributed by atoms with Gasteiger partial charge in [-0.2, -0.15) is 0 Å². The van der Waals surface area contributed by atoms with Gasteiger partial charge in [0.25, 0.3) is 0 Å². The van der Waals surface area contributed by atoms with E-state index in [4.69, 9.17) is 0 Å². The van der Waals surface area contributed by atoms with Crippen LogP contribution in [0.5, 0.6) is 0 Å². The maximum absolute atomic E-state index is 4.33. The van der Waals surface area contributed by atoms with Crippen molar-refractivity contribution in [1.82, 2.24) is 0 Å². The van der Waals surface area contributed by atoms with Crippen LogP contribution < -0.4 is 0 Å². The van der Waals surface area contributed by atoms with E-state index in [1.807, 2.05) is 12.2 Å². The van der Waals surface area contributed by atoms with Crippen molar-refractivity contribution in [3.8, 4) is 22.3 Å². The van der Waals surface area contributed by atoms with Crippen molar-refractivity contribution in [3.05, 3.63) is 146 Å². The van der Waals surface area contributed by atoms with Gasteiger partial charge in [0.2, 0.25) is 0 Å². The number of hydrogen-bond acceptors (Lipinski definition) is 0. The van der Waals surface area contributed by atoms with E-state index in [1.165, 1.54) is 65.3 Å². The van der Waals surface area contributed by atoms with Crippen molar-refractivity contribution < 1.29 is 0 Å². The Morgan fingerprint density at radius 3 is 1.61 bits per heavy atom. The molecule has 0 heteroatoms. The second kappa shape index (κ2) is 8.87. The zero-order chi connectivity index (χ0) is 25.6. The van der Waals surface area contributed by atoms with Crippen LogP contribution in [0.4, 0.5) is 0 Å². The third-order valence-corrected chi connectivity index (χ3v) is 7.79.